The molecule has 0 aliphatic heterocycles. The van der Waals surface area contributed by atoms with Crippen LogP contribution in [0.1, 0.15) is 32.6 Å². The normalized spacial score (nSPS) is 12.7. The first kappa shape index (κ1) is 19.9. The van der Waals surface area contributed by atoms with Gasteiger partial charge in [-0.2, -0.15) is 0 Å². The zero-order valence-corrected chi connectivity index (χ0v) is 16.7. The fourth-order valence-electron chi connectivity index (χ4n) is 2.82. The highest BCUT2D eigenvalue weighted by Gasteiger charge is 2.21. The average Bonchev–Trinajstić information content (AvgIpc) is 3.07. The molecule has 0 aliphatic rings. The first-order valence-electron chi connectivity index (χ1n) is 8.85. The van der Waals surface area contributed by atoms with Crippen molar-refractivity contribution in [1.29, 1.82) is 0 Å². The fraction of sp³-hybridized carbons (Fsp3) is 0.250. The number of carbonyl (C=O) groups excluding carboxylic acids is 1. The molecule has 1 atom stereocenters. The Morgan fingerprint density at radius 3 is 2.54 bits per heavy atom. The first-order valence-corrected chi connectivity index (χ1v) is 10.3. The van der Waals surface area contributed by atoms with Crippen molar-refractivity contribution in [2.24, 2.45) is 0 Å². The summed E-state index contributed by atoms with van der Waals surface area (Å²) in [5, 5.41) is 3.44. The van der Waals surface area contributed by atoms with Crippen LogP contribution in [-0.4, -0.2) is 20.9 Å². The molecular formula is C20H22N2O5S. The van der Waals surface area contributed by atoms with E-state index in [4.69, 9.17) is 9.15 Å². The lowest BCUT2D eigenvalue weighted by atomic mass is 10.2. The van der Waals surface area contributed by atoms with Crippen molar-refractivity contribution in [3.8, 4) is 5.75 Å². The van der Waals surface area contributed by atoms with Crippen molar-refractivity contribution >= 4 is 32.6 Å². The standard InChI is InChI=1S/C20H22N2O5S/c1-4-26-18-7-5-6-15-12-19(27-20(15)18)13(2)22-28(24,25)17-10-8-16(9-11-17)21-14(3)23/h5-13,22H,4H2,1-3H3,(H,21,23). The number of hydrogen-bond acceptors (Lipinski definition) is 5. The molecule has 1 aromatic heterocycles. The number of para-hydroxylation sites is 1. The van der Waals surface area contributed by atoms with Gasteiger partial charge in [0.1, 0.15) is 5.76 Å². The van der Waals surface area contributed by atoms with E-state index in [1.165, 1.54) is 31.2 Å². The zero-order valence-electron chi connectivity index (χ0n) is 15.9. The van der Waals surface area contributed by atoms with Gasteiger partial charge >= 0.3 is 0 Å². The Hall–Kier alpha value is -2.84. The third kappa shape index (κ3) is 4.35. The molecule has 0 radical (unpaired) electrons. The third-order valence-corrected chi connectivity index (χ3v) is 5.63. The van der Waals surface area contributed by atoms with E-state index >= 15 is 0 Å². The molecule has 1 heterocycles. The minimum atomic E-state index is -3.76. The number of carbonyl (C=O) groups is 1. The van der Waals surface area contributed by atoms with E-state index in [0.29, 0.717) is 29.4 Å². The Kier molecular flexibility index (Phi) is 5.71. The monoisotopic (exact) mass is 402 g/mol. The quantitative estimate of drug-likeness (QED) is 0.626. The van der Waals surface area contributed by atoms with Gasteiger partial charge in [-0.25, -0.2) is 13.1 Å². The summed E-state index contributed by atoms with van der Waals surface area (Å²) in [6.45, 7) is 5.49. The second kappa shape index (κ2) is 8.04. The summed E-state index contributed by atoms with van der Waals surface area (Å²) < 4.78 is 39.4. The Morgan fingerprint density at radius 1 is 1.18 bits per heavy atom. The van der Waals surface area contributed by atoms with E-state index in [1.54, 1.807) is 13.0 Å². The summed E-state index contributed by atoms with van der Waals surface area (Å²) in [5.74, 6) is 0.883. The van der Waals surface area contributed by atoms with Gasteiger partial charge in [0.25, 0.3) is 0 Å². The van der Waals surface area contributed by atoms with Crippen LogP contribution < -0.4 is 14.8 Å². The molecule has 0 spiro atoms. The lowest BCUT2D eigenvalue weighted by molar-refractivity contribution is -0.114. The second-order valence-corrected chi connectivity index (χ2v) is 8.02. The van der Waals surface area contributed by atoms with Crippen molar-refractivity contribution < 1.29 is 22.4 Å². The van der Waals surface area contributed by atoms with Gasteiger partial charge in [-0.3, -0.25) is 4.79 Å². The van der Waals surface area contributed by atoms with Gasteiger partial charge in [-0.05, 0) is 50.2 Å². The smallest absolute Gasteiger partial charge is 0.241 e. The summed E-state index contributed by atoms with van der Waals surface area (Å²) in [4.78, 5) is 11.2. The van der Waals surface area contributed by atoms with Gasteiger partial charge < -0.3 is 14.5 Å². The van der Waals surface area contributed by atoms with Crippen molar-refractivity contribution in [2.45, 2.75) is 31.7 Å². The third-order valence-electron chi connectivity index (χ3n) is 4.07. The molecule has 0 aliphatic carbocycles. The van der Waals surface area contributed by atoms with Gasteiger partial charge in [0, 0.05) is 18.0 Å². The van der Waals surface area contributed by atoms with Crippen LogP contribution in [0.5, 0.6) is 5.75 Å². The minimum Gasteiger partial charge on any atom is -0.490 e. The van der Waals surface area contributed by atoms with Crippen LogP contribution in [0.15, 0.2) is 57.8 Å². The number of hydrogen-bond donors (Lipinski definition) is 2. The van der Waals surface area contributed by atoms with E-state index in [1.807, 2.05) is 25.1 Å². The summed E-state index contributed by atoms with van der Waals surface area (Å²) in [7, 11) is -3.76. The van der Waals surface area contributed by atoms with Crippen molar-refractivity contribution in [3.63, 3.8) is 0 Å². The molecule has 7 nitrogen and oxygen atoms in total. The summed E-state index contributed by atoms with van der Waals surface area (Å²) in [6.07, 6.45) is 0. The molecule has 3 aromatic rings. The number of fused-ring (bicyclic) bond motifs is 1. The molecule has 0 saturated carbocycles. The maximum absolute atomic E-state index is 12.7. The number of anilines is 1. The molecule has 28 heavy (non-hydrogen) atoms. The lowest BCUT2D eigenvalue weighted by Gasteiger charge is -2.12. The van der Waals surface area contributed by atoms with Gasteiger partial charge in [0.2, 0.25) is 15.9 Å². The van der Waals surface area contributed by atoms with E-state index in [2.05, 4.69) is 10.0 Å². The molecule has 0 fully saturated rings. The maximum atomic E-state index is 12.7. The Bertz CT molecular complexity index is 1090. The van der Waals surface area contributed by atoms with Gasteiger partial charge in [-0.15, -0.1) is 0 Å². The molecule has 2 aromatic carbocycles. The second-order valence-electron chi connectivity index (χ2n) is 6.30. The predicted octanol–water partition coefficient (Wildman–Crippen LogP) is 3.83. The van der Waals surface area contributed by atoms with Crippen LogP contribution in [-0.2, 0) is 14.8 Å². The number of benzene rings is 2. The Morgan fingerprint density at radius 2 is 1.89 bits per heavy atom. The number of nitrogens with one attached hydrogen (secondary N) is 2. The van der Waals surface area contributed by atoms with Crippen molar-refractivity contribution in [3.05, 3.63) is 54.3 Å². The largest absolute Gasteiger partial charge is 0.490 e. The Labute approximate surface area is 163 Å². The van der Waals surface area contributed by atoms with E-state index in [9.17, 15) is 13.2 Å². The summed E-state index contributed by atoms with van der Waals surface area (Å²) in [6, 6.07) is 12.7. The SMILES string of the molecule is CCOc1cccc2cc(C(C)NS(=O)(=O)c3ccc(NC(C)=O)cc3)oc12. The van der Waals surface area contributed by atoms with Crippen LogP contribution in [0.2, 0.25) is 0 Å². The molecule has 1 unspecified atom stereocenters. The van der Waals surface area contributed by atoms with E-state index in [0.717, 1.165) is 5.39 Å². The van der Waals surface area contributed by atoms with Crippen LogP contribution in [0.4, 0.5) is 5.69 Å². The molecule has 148 valence electrons. The topological polar surface area (TPSA) is 97.6 Å². The molecule has 8 heteroatoms. The van der Waals surface area contributed by atoms with Crippen molar-refractivity contribution in [1.82, 2.24) is 4.72 Å². The molecule has 1 amide bonds. The minimum absolute atomic E-state index is 0.0968. The highest BCUT2D eigenvalue weighted by molar-refractivity contribution is 7.89. The fourth-order valence-corrected chi connectivity index (χ4v) is 4.03. The number of sulfonamides is 1. The number of amides is 1. The van der Waals surface area contributed by atoms with Gasteiger partial charge in [-0.1, -0.05) is 12.1 Å². The average molecular weight is 402 g/mol. The summed E-state index contributed by atoms with van der Waals surface area (Å²) in [5.41, 5.74) is 1.12. The van der Waals surface area contributed by atoms with Crippen LogP contribution in [0.25, 0.3) is 11.0 Å². The Balaban J connectivity index is 1.81. The number of ether oxygens (including phenoxy) is 1. The highest BCUT2D eigenvalue weighted by Crippen LogP contribution is 2.31. The van der Waals surface area contributed by atoms with E-state index in [-0.39, 0.29) is 10.8 Å². The predicted molar refractivity (Wildman–Crippen MR) is 107 cm³/mol. The van der Waals surface area contributed by atoms with Gasteiger partial charge in [0.05, 0.1) is 17.5 Å². The van der Waals surface area contributed by atoms with Gasteiger partial charge in [0.15, 0.2) is 11.3 Å². The summed E-state index contributed by atoms with van der Waals surface area (Å²) >= 11 is 0. The maximum Gasteiger partial charge on any atom is 0.241 e. The lowest BCUT2D eigenvalue weighted by Crippen LogP contribution is -2.26. The molecule has 3 rings (SSSR count). The zero-order chi connectivity index (χ0) is 20.3. The van der Waals surface area contributed by atoms with E-state index < -0.39 is 16.1 Å². The number of rotatable bonds is 7. The molecule has 0 saturated heterocycles. The number of furan rings is 1. The van der Waals surface area contributed by atoms with Crippen molar-refractivity contribution in [2.75, 3.05) is 11.9 Å². The van der Waals surface area contributed by atoms with Crippen LogP contribution in [0, 0.1) is 0 Å². The first-order chi connectivity index (χ1) is 13.3. The van der Waals surface area contributed by atoms with Crippen LogP contribution in [0.3, 0.4) is 0 Å². The van der Waals surface area contributed by atoms with Crippen LogP contribution >= 0.6 is 0 Å². The molecule has 0 bridgehead atoms. The molecular weight excluding hydrogens is 380 g/mol. The highest BCUT2D eigenvalue weighted by atomic mass is 32.2. The molecule has 2 N–H and O–H groups in total.